The minimum Gasteiger partial charge on any atom is -0.479 e. The van der Waals surface area contributed by atoms with Crippen molar-refractivity contribution in [3.05, 3.63) is 23.8 Å². The van der Waals surface area contributed by atoms with E-state index < -0.39 is 36.7 Å². The molecule has 0 amide bonds. The normalized spacial score (nSPS) is 51.4. The Labute approximate surface area is 193 Å². The molecule has 0 aromatic rings. The molecule has 33 heavy (non-hydrogen) atoms. The molecule has 4 aliphatic carbocycles. The van der Waals surface area contributed by atoms with Crippen molar-refractivity contribution < 1.29 is 39.5 Å². The van der Waals surface area contributed by atoms with E-state index in [4.69, 9.17) is 9.47 Å². The van der Waals surface area contributed by atoms with Crippen LogP contribution in [0.1, 0.15) is 52.4 Å². The molecule has 11 atom stereocenters. The molecule has 0 aromatic heterocycles. The lowest BCUT2D eigenvalue weighted by Crippen LogP contribution is -2.61. The van der Waals surface area contributed by atoms with Crippen LogP contribution in [0.3, 0.4) is 0 Å². The maximum atomic E-state index is 12.0. The molecule has 1 aliphatic heterocycles. The zero-order chi connectivity index (χ0) is 23.7. The number of carboxylic acid groups (broad SMARTS) is 1. The Morgan fingerprint density at radius 3 is 2.55 bits per heavy atom. The van der Waals surface area contributed by atoms with Crippen molar-refractivity contribution >= 4 is 11.8 Å². The zero-order valence-corrected chi connectivity index (χ0v) is 19.1. The minimum atomic E-state index is -1.72. The van der Waals surface area contributed by atoms with Crippen LogP contribution in [0, 0.1) is 28.6 Å². The standard InChI is InChI=1S/C25H34O8/c1-24-9-7-13(26)11-12(24)3-4-14-15-5-6-17(25(15,2)10-8-16(14)24)32-23-20(29)18(27)19(28)21(33-23)22(30)31/h3-4,11,14-21,23,27-29H,5-10H2,1-2H3,(H,30,31). The van der Waals surface area contributed by atoms with Crippen LogP contribution in [0.25, 0.3) is 0 Å². The number of carboxylic acids is 1. The summed E-state index contributed by atoms with van der Waals surface area (Å²) in [7, 11) is 0. The van der Waals surface area contributed by atoms with Crippen molar-refractivity contribution in [3.63, 3.8) is 0 Å². The van der Waals surface area contributed by atoms with Gasteiger partial charge < -0.3 is 29.9 Å². The van der Waals surface area contributed by atoms with Crippen LogP contribution < -0.4 is 0 Å². The molecule has 1 saturated heterocycles. The van der Waals surface area contributed by atoms with Gasteiger partial charge in [0.2, 0.25) is 0 Å². The second-order valence-electron chi connectivity index (χ2n) is 11.1. The van der Waals surface area contributed by atoms with Crippen molar-refractivity contribution in [3.8, 4) is 0 Å². The molecule has 4 N–H and O–H groups in total. The summed E-state index contributed by atoms with van der Waals surface area (Å²) >= 11 is 0. The molecule has 11 unspecified atom stereocenters. The second-order valence-corrected chi connectivity index (χ2v) is 11.1. The third-order valence-corrected chi connectivity index (χ3v) is 9.54. The Bertz CT molecular complexity index is 897. The SMILES string of the molecule is CC12CCC(=O)C=C1C=CC1C2CCC2(C)C(OC3OC(C(=O)O)C(O)C(O)C3O)CCC12. The van der Waals surface area contributed by atoms with E-state index >= 15 is 0 Å². The molecule has 8 nitrogen and oxygen atoms in total. The van der Waals surface area contributed by atoms with E-state index in [0.29, 0.717) is 24.2 Å². The first-order chi connectivity index (χ1) is 15.6. The fraction of sp³-hybridized carbons (Fsp3) is 0.760. The number of carbonyl (C=O) groups is 2. The fourth-order valence-electron chi connectivity index (χ4n) is 7.50. The van der Waals surface area contributed by atoms with Gasteiger partial charge in [0.15, 0.2) is 18.2 Å². The number of carbonyl (C=O) groups excluding carboxylic acids is 1. The molecule has 5 rings (SSSR count). The molecule has 0 bridgehead atoms. The highest BCUT2D eigenvalue weighted by atomic mass is 16.7. The number of rotatable bonds is 3. The highest BCUT2D eigenvalue weighted by molar-refractivity contribution is 5.92. The van der Waals surface area contributed by atoms with E-state index in [2.05, 4.69) is 26.0 Å². The van der Waals surface area contributed by atoms with Crippen LogP contribution in [-0.2, 0) is 19.1 Å². The average Bonchev–Trinajstić information content (AvgIpc) is 3.10. The van der Waals surface area contributed by atoms with Gasteiger partial charge in [-0.05, 0) is 72.3 Å². The summed E-state index contributed by atoms with van der Waals surface area (Å²) in [5.41, 5.74) is 0.974. The molecule has 8 heteroatoms. The summed E-state index contributed by atoms with van der Waals surface area (Å²) in [4.78, 5) is 23.4. The number of aliphatic carboxylic acids is 1. The molecule has 3 fully saturated rings. The number of hydrogen-bond acceptors (Lipinski definition) is 7. The number of ether oxygens (including phenoxy) is 2. The molecule has 0 aromatic carbocycles. The third-order valence-electron chi connectivity index (χ3n) is 9.54. The van der Waals surface area contributed by atoms with Crippen LogP contribution in [0.15, 0.2) is 23.8 Å². The van der Waals surface area contributed by atoms with Gasteiger partial charge in [-0.3, -0.25) is 4.79 Å². The predicted octanol–water partition coefficient (Wildman–Crippen LogP) is 1.57. The van der Waals surface area contributed by atoms with Gasteiger partial charge in [-0.2, -0.15) is 0 Å². The highest BCUT2D eigenvalue weighted by Gasteiger charge is 2.59. The molecular formula is C25H34O8. The monoisotopic (exact) mass is 462 g/mol. The first-order valence-electron chi connectivity index (χ1n) is 12.1. The van der Waals surface area contributed by atoms with Crippen molar-refractivity contribution in [2.45, 2.75) is 89.2 Å². The van der Waals surface area contributed by atoms with Gasteiger partial charge in [-0.15, -0.1) is 0 Å². The Morgan fingerprint density at radius 2 is 1.82 bits per heavy atom. The molecule has 1 heterocycles. The molecule has 2 saturated carbocycles. The van der Waals surface area contributed by atoms with Crippen molar-refractivity contribution in [1.82, 2.24) is 0 Å². The maximum Gasteiger partial charge on any atom is 0.335 e. The van der Waals surface area contributed by atoms with Gasteiger partial charge in [0.1, 0.15) is 18.3 Å². The molecule has 182 valence electrons. The molecular weight excluding hydrogens is 428 g/mol. The summed E-state index contributed by atoms with van der Waals surface area (Å²) in [5, 5.41) is 39.9. The smallest absolute Gasteiger partial charge is 0.335 e. The van der Waals surface area contributed by atoms with Crippen molar-refractivity contribution in [1.29, 1.82) is 0 Å². The topological polar surface area (TPSA) is 134 Å². The fourth-order valence-corrected chi connectivity index (χ4v) is 7.50. The van der Waals surface area contributed by atoms with Gasteiger partial charge in [-0.1, -0.05) is 26.0 Å². The summed E-state index contributed by atoms with van der Waals surface area (Å²) in [6.45, 7) is 4.50. The van der Waals surface area contributed by atoms with E-state index in [0.717, 1.165) is 37.7 Å². The Morgan fingerprint density at radius 1 is 1.06 bits per heavy atom. The first kappa shape index (κ1) is 23.2. The number of allylic oxidation sites excluding steroid dienone is 4. The number of aliphatic hydroxyl groups excluding tert-OH is 3. The van der Waals surface area contributed by atoms with Crippen LogP contribution in [0.5, 0.6) is 0 Å². The first-order valence-corrected chi connectivity index (χ1v) is 12.1. The highest BCUT2D eigenvalue weighted by Crippen LogP contribution is 2.64. The Hall–Kier alpha value is -1.58. The summed E-state index contributed by atoms with van der Waals surface area (Å²) in [6, 6.07) is 0. The average molecular weight is 463 g/mol. The van der Waals surface area contributed by atoms with Crippen molar-refractivity contribution in [2.24, 2.45) is 28.6 Å². The predicted molar refractivity (Wildman–Crippen MR) is 116 cm³/mol. The Kier molecular flexibility index (Phi) is 5.61. The summed E-state index contributed by atoms with van der Waals surface area (Å²) < 4.78 is 11.6. The van der Waals surface area contributed by atoms with E-state index in [1.165, 1.54) is 0 Å². The van der Waals surface area contributed by atoms with E-state index in [1.807, 2.05) is 6.08 Å². The lowest BCUT2D eigenvalue weighted by atomic mass is 9.49. The van der Waals surface area contributed by atoms with Gasteiger partial charge in [-0.25, -0.2) is 4.79 Å². The Balaban J connectivity index is 1.36. The van der Waals surface area contributed by atoms with Gasteiger partial charge in [0, 0.05) is 6.42 Å². The third kappa shape index (κ3) is 3.45. The largest absolute Gasteiger partial charge is 0.479 e. The van der Waals surface area contributed by atoms with E-state index in [9.17, 15) is 30.0 Å². The summed E-state index contributed by atoms with van der Waals surface area (Å²) in [5.74, 6) is -0.0142. The molecule has 5 aliphatic rings. The summed E-state index contributed by atoms with van der Waals surface area (Å²) in [6.07, 6.45) is 3.17. The lowest BCUT2D eigenvalue weighted by Gasteiger charge is -2.56. The van der Waals surface area contributed by atoms with Gasteiger partial charge in [0.25, 0.3) is 0 Å². The second kappa shape index (κ2) is 7.99. The van der Waals surface area contributed by atoms with Crippen LogP contribution in [-0.4, -0.2) is 69.0 Å². The van der Waals surface area contributed by atoms with Crippen LogP contribution in [0.4, 0.5) is 0 Å². The maximum absolute atomic E-state index is 12.0. The van der Waals surface area contributed by atoms with E-state index in [1.54, 1.807) is 0 Å². The quantitative estimate of drug-likeness (QED) is 0.497. The number of hydrogen-bond donors (Lipinski definition) is 4. The zero-order valence-electron chi connectivity index (χ0n) is 19.1. The minimum absolute atomic E-state index is 0.00519. The van der Waals surface area contributed by atoms with Gasteiger partial charge in [0.05, 0.1) is 6.10 Å². The van der Waals surface area contributed by atoms with E-state index in [-0.39, 0.29) is 22.7 Å². The van der Waals surface area contributed by atoms with Gasteiger partial charge >= 0.3 is 5.97 Å². The number of ketones is 1. The molecule has 0 radical (unpaired) electrons. The number of fused-ring (bicyclic) bond motifs is 5. The van der Waals surface area contributed by atoms with Crippen LogP contribution in [0.2, 0.25) is 0 Å². The number of aliphatic hydroxyl groups is 3. The van der Waals surface area contributed by atoms with Crippen LogP contribution >= 0.6 is 0 Å². The molecule has 0 spiro atoms. The van der Waals surface area contributed by atoms with Crippen molar-refractivity contribution in [2.75, 3.05) is 0 Å². The lowest BCUT2D eigenvalue weighted by molar-refractivity contribution is -0.312.